The first-order valence-electron chi connectivity index (χ1n) is 8.58. The Kier molecular flexibility index (Phi) is 3.63. The van der Waals surface area contributed by atoms with E-state index in [2.05, 4.69) is 10.2 Å². The number of carbonyl (C=O) groups is 2. The highest BCUT2D eigenvalue weighted by Crippen LogP contribution is 2.42. The average molecular weight is 342 g/mol. The van der Waals surface area contributed by atoms with Crippen molar-refractivity contribution in [3.8, 4) is 0 Å². The fraction of sp³-hybridized carbons (Fsp3) is 0.529. The van der Waals surface area contributed by atoms with E-state index < -0.39 is 5.41 Å². The normalized spacial score (nSPS) is 23.7. The van der Waals surface area contributed by atoms with E-state index in [9.17, 15) is 9.59 Å². The third-order valence-electron chi connectivity index (χ3n) is 5.42. The Hall–Kier alpha value is -2.64. The standard InChI is InChI=1S/C17H22N6O2/c1-20-11-13(10-19-20)23-9-6-17(16(23)25)5-3-8-22(12-17)15(24)14-4-7-18-21(14)2/h4,7,10-11H,3,5-6,8-9,12H2,1-2H3/t17-/m1/s1. The number of piperidine rings is 1. The van der Waals surface area contributed by atoms with Crippen LogP contribution in [0.1, 0.15) is 29.8 Å². The zero-order chi connectivity index (χ0) is 17.6. The van der Waals surface area contributed by atoms with Crippen molar-refractivity contribution in [1.82, 2.24) is 24.5 Å². The highest BCUT2D eigenvalue weighted by molar-refractivity contribution is 6.01. The Balaban J connectivity index is 1.55. The Morgan fingerprint density at radius 1 is 1.20 bits per heavy atom. The van der Waals surface area contributed by atoms with E-state index in [1.807, 2.05) is 23.0 Å². The maximum absolute atomic E-state index is 13.1. The van der Waals surface area contributed by atoms with E-state index in [0.29, 0.717) is 25.3 Å². The first kappa shape index (κ1) is 15.9. The van der Waals surface area contributed by atoms with Gasteiger partial charge in [-0.05, 0) is 25.3 Å². The van der Waals surface area contributed by atoms with Crippen LogP contribution in [0.4, 0.5) is 5.69 Å². The number of hydrogen-bond acceptors (Lipinski definition) is 4. The fourth-order valence-electron chi connectivity index (χ4n) is 4.04. The van der Waals surface area contributed by atoms with Crippen LogP contribution >= 0.6 is 0 Å². The van der Waals surface area contributed by atoms with Gasteiger partial charge < -0.3 is 9.80 Å². The van der Waals surface area contributed by atoms with Crippen molar-refractivity contribution in [3.63, 3.8) is 0 Å². The maximum atomic E-state index is 13.1. The molecule has 0 saturated carbocycles. The van der Waals surface area contributed by atoms with Gasteiger partial charge in [-0.3, -0.25) is 19.0 Å². The highest BCUT2D eigenvalue weighted by Gasteiger charge is 2.50. The van der Waals surface area contributed by atoms with Crippen molar-refractivity contribution < 1.29 is 9.59 Å². The molecule has 0 aliphatic carbocycles. The Bertz CT molecular complexity index is 825. The molecule has 2 aromatic rings. The lowest BCUT2D eigenvalue weighted by atomic mass is 9.78. The molecule has 0 radical (unpaired) electrons. The Morgan fingerprint density at radius 3 is 2.72 bits per heavy atom. The molecule has 2 aliphatic rings. The van der Waals surface area contributed by atoms with Crippen molar-refractivity contribution in [2.45, 2.75) is 19.3 Å². The lowest BCUT2D eigenvalue weighted by Crippen LogP contribution is -2.50. The SMILES string of the molecule is Cn1cc(N2CC[C@@]3(CCCN(C(=O)c4ccnn4C)C3)C2=O)cn1. The van der Waals surface area contributed by atoms with Crippen LogP contribution in [-0.2, 0) is 18.9 Å². The van der Waals surface area contributed by atoms with Gasteiger partial charge >= 0.3 is 0 Å². The largest absolute Gasteiger partial charge is 0.336 e. The van der Waals surface area contributed by atoms with Gasteiger partial charge in [0.15, 0.2) is 0 Å². The highest BCUT2D eigenvalue weighted by atomic mass is 16.2. The van der Waals surface area contributed by atoms with E-state index in [1.54, 1.807) is 34.9 Å². The second kappa shape index (κ2) is 5.72. The summed E-state index contributed by atoms with van der Waals surface area (Å²) in [5.41, 5.74) is 0.925. The molecule has 8 nitrogen and oxygen atoms in total. The number of rotatable bonds is 2. The minimum Gasteiger partial charge on any atom is -0.336 e. The van der Waals surface area contributed by atoms with Gasteiger partial charge in [0.25, 0.3) is 5.91 Å². The number of aromatic nitrogens is 4. The molecule has 2 amide bonds. The number of amides is 2. The monoisotopic (exact) mass is 342 g/mol. The van der Waals surface area contributed by atoms with Crippen molar-refractivity contribution in [2.24, 2.45) is 19.5 Å². The minimum atomic E-state index is -0.470. The third kappa shape index (κ3) is 2.52. The molecule has 2 aliphatic heterocycles. The summed E-state index contributed by atoms with van der Waals surface area (Å²) in [5.74, 6) is 0.0645. The van der Waals surface area contributed by atoms with Gasteiger partial charge in [0.1, 0.15) is 5.69 Å². The molecule has 132 valence electrons. The number of anilines is 1. The lowest BCUT2D eigenvalue weighted by molar-refractivity contribution is -0.127. The van der Waals surface area contributed by atoms with Gasteiger partial charge in [-0.25, -0.2) is 0 Å². The molecule has 2 fully saturated rings. The van der Waals surface area contributed by atoms with Crippen LogP contribution in [0.5, 0.6) is 0 Å². The smallest absolute Gasteiger partial charge is 0.272 e. The molecule has 25 heavy (non-hydrogen) atoms. The van der Waals surface area contributed by atoms with E-state index in [4.69, 9.17) is 0 Å². The number of nitrogens with zero attached hydrogens (tertiary/aromatic N) is 6. The molecule has 2 saturated heterocycles. The lowest BCUT2D eigenvalue weighted by Gasteiger charge is -2.38. The van der Waals surface area contributed by atoms with Crippen LogP contribution in [0.2, 0.25) is 0 Å². The summed E-state index contributed by atoms with van der Waals surface area (Å²) in [6.45, 7) is 1.84. The summed E-state index contributed by atoms with van der Waals surface area (Å²) in [4.78, 5) is 29.6. The van der Waals surface area contributed by atoms with Crippen LogP contribution in [0.3, 0.4) is 0 Å². The number of carbonyl (C=O) groups excluding carboxylic acids is 2. The predicted molar refractivity (Wildman–Crippen MR) is 91.0 cm³/mol. The van der Waals surface area contributed by atoms with Crippen LogP contribution < -0.4 is 4.90 Å². The van der Waals surface area contributed by atoms with E-state index in [0.717, 1.165) is 24.9 Å². The van der Waals surface area contributed by atoms with Gasteiger partial charge in [0.2, 0.25) is 5.91 Å². The second-order valence-corrected chi connectivity index (χ2v) is 7.03. The quantitative estimate of drug-likeness (QED) is 0.809. The molecule has 4 rings (SSSR count). The summed E-state index contributed by atoms with van der Waals surface area (Å²) in [6.07, 6.45) is 7.65. The van der Waals surface area contributed by atoms with E-state index in [1.165, 1.54) is 0 Å². The summed E-state index contributed by atoms with van der Waals surface area (Å²) in [6, 6.07) is 1.72. The van der Waals surface area contributed by atoms with Crippen LogP contribution in [-0.4, -0.2) is 55.9 Å². The van der Waals surface area contributed by atoms with Gasteiger partial charge in [-0.15, -0.1) is 0 Å². The molecule has 1 atom stereocenters. The van der Waals surface area contributed by atoms with Crippen molar-refractivity contribution in [1.29, 1.82) is 0 Å². The molecule has 0 unspecified atom stereocenters. The summed E-state index contributed by atoms with van der Waals surface area (Å²) < 4.78 is 3.29. The molecule has 0 bridgehead atoms. The molecule has 2 aromatic heterocycles. The van der Waals surface area contributed by atoms with Crippen LogP contribution in [0.25, 0.3) is 0 Å². The number of aryl methyl sites for hydroxylation is 2. The maximum Gasteiger partial charge on any atom is 0.272 e. The fourth-order valence-corrected chi connectivity index (χ4v) is 4.04. The second-order valence-electron chi connectivity index (χ2n) is 7.03. The molecule has 0 N–H and O–H groups in total. The van der Waals surface area contributed by atoms with Crippen LogP contribution in [0, 0.1) is 5.41 Å². The summed E-state index contributed by atoms with van der Waals surface area (Å²) in [5, 5.41) is 8.24. The topological polar surface area (TPSA) is 76.3 Å². The predicted octanol–water partition coefficient (Wildman–Crippen LogP) is 0.813. The first-order valence-corrected chi connectivity index (χ1v) is 8.58. The Labute approximate surface area is 146 Å². The summed E-state index contributed by atoms with van der Waals surface area (Å²) in [7, 11) is 3.60. The molecular formula is C17H22N6O2. The van der Waals surface area contributed by atoms with Crippen molar-refractivity contribution in [2.75, 3.05) is 24.5 Å². The van der Waals surface area contributed by atoms with Gasteiger partial charge in [-0.1, -0.05) is 0 Å². The van der Waals surface area contributed by atoms with E-state index in [-0.39, 0.29) is 11.8 Å². The molecule has 4 heterocycles. The van der Waals surface area contributed by atoms with Gasteiger partial charge in [0.05, 0.1) is 17.3 Å². The van der Waals surface area contributed by atoms with Gasteiger partial charge in [0, 0.05) is 46.1 Å². The summed E-state index contributed by atoms with van der Waals surface area (Å²) >= 11 is 0. The van der Waals surface area contributed by atoms with E-state index >= 15 is 0 Å². The zero-order valence-electron chi connectivity index (χ0n) is 14.6. The zero-order valence-corrected chi connectivity index (χ0v) is 14.6. The number of hydrogen-bond donors (Lipinski definition) is 0. The molecule has 0 aromatic carbocycles. The van der Waals surface area contributed by atoms with Gasteiger partial charge in [-0.2, -0.15) is 10.2 Å². The molecule has 8 heteroatoms. The number of likely N-dealkylation sites (tertiary alicyclic amines) is 1. The van der Waals surface area contributed by atoms with Crippen molar-refractivity contribution >= 4 is 17.5 Å². The average Bonchev–Trinajstić information content (AvgIpc) is 3.29. The molecule has 1 spiro atoms. The third-order valence-corrected chi connectivity index (χ3v) is 5.42. The molecular weight excluding hydrogens is 320 g/mol. The Morgan fingerprint density at radius 2 is 2.04 bits per heavy atom. The van der Waals surface area contributed by atoms with Crippen molar-refractivity contribution in [3.05, 3.63) is 30.4 Å². The first-order chi connectivity index (χ1) is 12.0. The van der Waals surface area contributed by atoms with Crippen LogP contribution in [0.15, 0.2) is 24.7 Å². The minimum absolute atomic E-state index is 0.0493.